The van der Waals surface area contributed by atoms with Gasteiger partial charge in [-0.15, -0.1) is 10.2 Å². The zero-order valence-electron chi connectivity index (χ0n) is 15.1. The fourth-order valence-corrected chi connectivity index (χ4v) is 4.47. The van der Waals surface area contributed by atoms with Crippen LogP contribution in [0.5, 0.6) is 0 Å². The van der Waals surface area contributed by atoms with Crippen molar-refractivity contribution in [1.29, 1.82) is 0 Å². The first-order valence-corrected chi connectivity index (χ1v) is 10.1. The number of halogens is 1. The number of pyridine rings is 1. The summed E-state index contributed by atoms with van der Waals surface area (Å²) in [6, 6.07) is 7.62. The van der Waals surface area contributed by atoms with Gasteiger partial charge >= 0.3 is 0 Å². The number of hydrogen-bond donors (Lipinski definition) is 0. The molecule has 1 unspecified atom stereocenters. The molecule has 1 aliphatic heterocycles. The third-order valence-corrected chi connectivity index (χ3v) is 6.12. The standard InChI is InChI=1S/C20H13ClN4O3S/c1-2-14-23-24-20(29-14)25-16(10-5-7-22-8-6-10)15-17(26)12-9-11(21)3-4-13(12)28-18(15)19(25)27/h3-9,16H,2H2,1H3. The molecule has 0 aliphatic carbocycles. The van der Waals surface area contributed by atoms with E-state index in [0.29, 0.717) is 27.5 Å². The van der Waals surface area contributed by atoms with Crippen LogP contribution in [0.25, 0.3) is 11.0 Å². The average molecular weight is 425 g/mol. The number of amides is 1. The first-order chi connectivity index (χ1) is 14.1. The summed E-state index contributed by atoms with van der Waals surface area (Å²) in [5.41, 5.74) is 1.02. The van der Waals surface area contributed by atoms with Gasteiger partial charge in [0.2, 0.25) is 10.9 Å². The molecular formula is C20H13ClN4O3S. The SMILES string of the molecule is CCc1nnc(N2C(=O)c3oc4ccc(Cl)cc4c(=O)c3C2c2ccncc2)s1. The number of anilines is 1. The summed E-state index contributed by atoms with van der Waals surface area (Å²) in [5.74, 6) is -0.408. The van der Waals surface area contributed by atoms with Gasteiger partial charge < -0.3 is 4.42 Å². The topological polar surface area (TPSA) is 89.2 Å². The second kappa shape index (κ2) is 6.75. The minimum atomic E-state index is -0.683. The number of nitrogens with zero attached hydrogens (tertiary/aromatic N) is 4. The summed E-state index contributed by atoms with van der Waals surface area (Å²) >= 11 is 7.40. The highest BCUT2D eigenvalue weighted by atomic mass is 35.5. The monoisotopic (exact) mass is 424 g/mol. The average Bonchev–Trinajstić information content (AvgIpc) is 3.32. The maximum absolute atomic E-state index is 13.4. The van der Waals surface area contributed by atoms with Crippen LogP contribution in [0.3, 0.4) is 0 Å². The molecule has 1 amide bonds. The van der Waals surface area contributed by atoms with Crippen molar-refractivity contribution in [2.45, 2.75) is 19.4 Å². The van der Waals surface area contributed by atoms with Gasteiger partial charge in [-0.25, -0.2) is 0 Å². The van der Waals surface area contributed by atoms with Gasteiger partial charge in [0.25, 0.3) is 5.91 Å². The Morgan fingerprint density at radius 3 is 2.69 bits per heavy atom. The van der Waals surface area contributed by atoms with Crippen molar-refractivity contribution in [1.82, 2.24) is 15.2 Å². The van der Waals surface area contributed by atoms with Gasteiger partial charge in [-0.3, -0.25) is 19.5 Å². The number of carbonyl (C=O) groups excluding carboxylic acids is 1. The van der Waals surface area contributed by atoms with Crippen LogP contribution in [-0.4, -0.2) is 21.1 Å². The second-order valence-corrected chi connectivity index (χ2v) is 7.98. The Labute approximate surface area is 173 Å². The normalized spacial score (nSPS) is 15.9. The van der Waals surface area contributed by atoms with Crippen LogP contribution >= 0.6 is 22.9 Å². The van der Waals surface area contributed by atoms with Gasteiger partial charge in [0.15, 0.2) is 5.43 Å². The minimum Gasteiger partial charge on any atom is -0.450 e. The lowest BCUT2D eigenvalue weighted by Crippen LogP contribution is -2.29. The van der Waals surface area contributed by atoms with Crippen LogP contribution in [0.2, 0.25) is 5.02 Å². The molecule has 1 atom stereocenters. The Balaban J connectivity index is 1.81. The largest absolute Gasteiger partial charge is 0.450 e. The minimum absolute atomic E-state index is 0.0138. The molecule has 29 heavy (non-hydrogen) atoms. The molecule has 9 heteroatoms. The quantitative estimate of drug-likeness (QED) is 0.493. The smallest absolute Gasteiger partial charge is 0.297 e. The van der Waals surface area contributed by atoms with Crippen molar-refractivity contribution < 1.29 is 9.21 Å². The number of carbonyl (C=O) groups is 1. The number of hydrogen-bond acceptors (Lipinski definition) is 7. The van der Waals surface area contributed by atoms with E-state index < -0.39 is 11.9 Å². The van der Waals surface area contributed by atoms with Crippen LogP contribution in [0.15, 0.2) is 51.9 Å². The van der Waals surface area contributed by atoms with E-state index in [9.17, 15) is 9.59 Å². The van der Waals surface area contributed by atoms with Gasteiger partial charge in [-0.2, -0.15) is 0 Å². The zero-order valence-corrected chi connectivity index (χ0v) is 16.7. The molecule has 0 saturated carbocycles. The van der Waals surface area contributed by atoms with Crippen LogP contribution in [0.1, 0.15) is 39.7 Å². The van der Waals surface area contributed by atoms with Gasteiger partial charge in [0, 0.05) is 17.4 Å². The Kier molecular flexibility index (Phi) is 4.18. The summed E-state index contributed by atoms with van der Waals surface area (Å²) in [5, 5.41) is 10.3. The van der Waals surface area contributed by atoms with E-state index >= 15 is 0 Å². The number of benzene rings is 1. The summed E-state index contributed by atoms with van der Waals surface area (Å²) in [6.45, 7) is 1.97. The summed E-state index contributed by atoms with van der Waals surface area (Å²) in [6.07, 6.45) is 3.94. The van der Waals surface area contributed by atoms with Crippen LogP contribution < -0.4 is 10.3 Å². The lowest BCUT2D eigenvalue weighted by atomic mass is 10.00. The zero-order chi connectivity index (χ0) is 20.1. The molecule has 0 fully saturated rings. The molecule has 4 heterocycles. The van der Waals surface area contributed by atoms with Crippen molar-refractivity contribution >= 4 is 44.9 Å². The molecule has 0 N–H and O–H groups in total. The molecule has 3 aromatic heterocycles. The van der Waals surface area contributed by atoms with Gasteiger partial charge in [0.05, 0.1) is 17.0 Å². The van der Waals surface area contributed by atoms with Crippen molar-refractivity contribution in [3.8, 4) is 0 Å². The molecule has 1 aromatic carbocycles. The molecule has 4 aromatic rings. The maximum Gasteiger partial charge on any atom is 0.297 e. The number of fused-ring (bicyclic) bond motifs is 2. The molecule has 0 bridgehead atoms. The molecule has 5 rings (SSSR count). The van der Waals surface area contributed by atoms with Crippen molar-refractivity contribution in [3.63, 3.8) is 0 Å². The van der Waals surface area contributed by atoms with Crippen LogP contribution in [-0.2, 0) is 6.42 Å². The number of aromatic nitrogens is 3. The Bertz CT molecular complexity index is 1320. The molecule has 0 spiro atoms. The molecule has 0 saturated heterocycles. The van der Waals surface area contributed by atoms with E-state index in [-0.39, 0.29) is 16.8 Å². The van der Waals surface area contributed by atoms with Gasteiger partial charge in [-0.1, -0.05) is 29.9 Å². The third-order valence-electron chi connectivity index (χ3n) is 4.82. The van der Waals surface area contributed by atoms with Crippen molar-refractivity contribution in [2.24, 2.45) is 0 Å². The first-order valence-electron chi connectivity index (χ1n) is 8.90. The van der Waals surface area contributed by atoms with Gasteiger partial charge in [-0.05, 0) is 42.3 Å². The highest BCUT2D eigenvalue weighted by molar-refractivity contribution is 7.15. The highest BCUT2D eigenvalue weighted by Crippen LogP contribution is 2.42. The number of rotatable bonds is 3. The van der Waals surface area contributed by atoms with E-state index in [1.165, 1.54) is 16.2 Å². The summed E-state index contributed by atoms with van der Waals surface area (Å²) in [7, 11) is 0. The van der Waals surface area contributed by atoms with E-state index in [1.807, 2.05) is 6.92 Å². The van der Waals surface area contributed by atoms with Gasteiger partial charge in [0.1, 0.15) is 10.6 Å². The summed E-state index contributed by atoms with van der Waals surface area (Å²) < 4.78 is 5.88. The first kappa shape index (κ1) is 18.0. The van der Waals surface area contributed by atoms with Crippen LogP contribution in [0, 0.1) is 0 Å². The van der Waals surface area contributed by atoms with E-state index in [4.69, 9.17) is 16.0 Å². The van der Waals surface area contributed by atoms with Crippen molar-refractivity contribution in [2.75, 3.05) is 4.90 Å². The molecule has 7 nitrogen and oxygen atoms in total. The fourth-order valence-electron chi connectivity index (χ4n) is 3.49. The fraction of sp³-hybridized carbons (Fsp3) is 0.150. The Hall–Kier alpha value is -3.10. The van der Waals surface area contributed by atoms with Crippen LogP contribution in [0.4, 0.5) is 5.13 Å². The predicted molar refractivity (Wildman–Crippen MR) is 110 cm³/mol. The van der Waals surface area contributed by atoms with Crippen molar-refractivity contribution in [3.05, 3.63) is 79.9 Å². The lowest BCUT2D eigenvalue weighted by molar-refractivity contribution is 0.0970. The highest BCUT2D eigenvalue weighted by Gasteiger charge is 2.45. The molecule has 0 radical (unpaired) electrons. The Morgan fingerprint density at radius 1 is 1.17 bits per heavy atom. The number of aryl methyl sites for hydroxylation is 1. The van der Waals surface area contributed by atoms with E-state index in [2.05, 4.69) is 15.2 Å². The molecular weight excluding hydrogens is 412 g/mol. The summed E-state index contributed by atoms with van der Waals surface area (Å²) in [4.78, 5) is 32.2. The van der Waals surface area contributed by atoms with E-state index in [0.717, 1.165) is 10.6 Å². The molecule has 144 valence electrons. The molecule has 1 aliphatic rings. The lowest BCUT2D eigenvalue weighted by Gasteiger charge is -2.21. The predicted octanol–water partition coefficient (Wildman–Crippen LogP) is 4.01. The third kappa shape index (κ3) is 2.75. The van der Waals surface area contributed by atoms with E-state index in [1.54, 1.807) is 42.7 Å². The maximum atomic E-state index is 13.4. The Morgan fingerprint density at radius 2 is 1.97 bits per heavy atom. The second-order valence-electron chi connectivity index (χ2n) is 6.50.